The van der Waals surface area contributed by atoms with Gasteiger partial charge in [0.05, 0.1) is 16.6 Å². The van der Waals surface area contributed by atoms with Crippen molar-refractivity contribution in [3.8, 4) is 0 Å². The number of pyridine rings is 1. The number of piperidine rings is 1. The number of para-hydroxylation sites is 2. The van der Waals surface area contributed by atoms with Gasteiger partial charge in [0.15, 0.2) is 5.65 Å². The minimum atomic E-state index is -0.385. The predicted octanol–water partition coefficient (Wildman–Crippen LogP) is 1.75. The summed E-state index contributed by atoms with van der Waals surface area (Å²) in [7, 11) is 0. The number of imidazole rings is 1. The average molecular weight is 362 g/mol. The average Bonchev–Trinajstić information content (AvgIpc) is 3.11. The summed E-state index contributed by atoms with van der Waals surface area (Å²) in [5.41, 5.74) is 11.4. The van der Waals surface area contributed by atoms with E-state index in [9.17, 15) is 9.90 Å². The van der Waals surface area contributed by atoms with Crippen molar-refractivity contribution in [2.45, 2.75) is 19.3 Å². The molecule has 3 heterocycles. The molecule has 2 fully saturated rings. The van der Waals surface area contributed by atoms with Gasteiger partial charge in [0.2, 0.25) is 0 Å². The van der Waals surface area contributed by atoms with E-state index >= 15 is 0 Å². The fraction of sp³-hybridized carbons (Fsp3) is 0.429. The number of nitrogens with two attached hydrogens (primary N) is 1. The molecule has 1 aromatic carbocycles. The Kier molecular flexibility index (Phi) is 2.99. The highest BCUT2D eigenvalue weighted by Crippen LogP contribution is 2.53. The lowest BCUT2D eigenvalue weighted by Crippen LogP contribution is -2.29. The van der Waals surface area contributed by atoms with Crippen LogP contribution < -0.4 is 10.6 Å². The van der Waals surface area contributed by atoms with E-state index in [-0.39, 0.29) is 5.91 Å². The normalized spacial score (nSPS) is 26.0. The molecule has 1 amide bonds. The highest BCUT2D eigenvalue weighted by Gasteiger charge is 2.55. The molecule has 1 unspecified atom stereocenters. The van der Waals surface area contributed by atoms with Gasteiger partial charge in [0, 0.05) is 19.7 Å². The molecule has 27 heavy (non-hydrogen) atoms. The second-order valence-electron chi connectivity index (χ2n) is 8.21. The monoisotopic (exact) mass is 362 g/mol. The first-order chi connectivity index (χ1) is 13.2. The van der Waals surface area contributed by atoms with E-state index in [0.29, 0.717) is 35.6 Å². The molecule has 3 aromatic rings. The van der Waals surface area contributed by atoms with Crippen LogP contribution in [0.15, 0.2) is 24.3 Å². The first kappa shape index (κ1) is 15.5. The number of hydrogen-bond donors (Lipinski definition) is 2. The van der Waals surface area contributed by atoms with Gasteiger partial charge in [0.1, 0.15) is 5.82 Å². The maximum atomic E-state index is 12.4. The maximum absolute atomic E-state index is 12.4. The van der Waals surface area contributed by atoms with E-state index in [0.717, 1.165) is 48.9 Å². The van der Waals surface area contributed by atoms with Crippen molar-refractivity contribution in [3.63, 3.8) is 0 Å². The smallest absolute Gasteiger partial charge is 0.252 e. The van der Waals surface area contributed by atoms with Crippen LogP contribution in [0.4, 0.5) is 5.82 Å². The van der Waals surface area contributed by atoms with Crippen LogP contribution in [0, 0.1) is 17.8 Å². The first-order valence-electron chi connectivity index (χ1n) is 9.79. The number of anilines is 1. The number of amides is 1. The van der Waals surface area contributed by atoms with Crippen LogP contribution in [0.1, 0.15) is 27.9 Å². The largest absolute Gasteiger partial charge is 0.396 e. The van der Waals surface area contributed by atoms with Gasteiger partial charge in [-0.05, 0) is 60.3 Å². The number of aliphatic hydroxyl groups is 1. The Morgan fingerprint density at radius 2 is 1.93 bits per heavy atom. The minimum Gasteiger partial charge on any atom is -0.396 e. The Morgan fingerprint density at radius 1 is 1.19 bits per heavy atom. The van der Waals surface area contributed by atoms with Crippen molar-refractivity contribution in [2.75, 3.05) is 24.6 Å². The van der Waals surface area contributed by atoms with E-state index in [1.807, 2.05) is 18.2 Å². The molecule has 3 aliphatic rings. The van der Waals surface area contributed by atoms with E-state index in [1.165, 1.54) is 11.4 Å². The lowest BCUT2D eigenvalue weighted by Gasteiger charge is -2.27. The number of nitrogens with zero attached hydrogens (tertiary/aromatic N) is 3. The van der Waals surface area contributed by atoms with Crippen LogP contribution in [-0.4, -0.2) is 40.1 Å². The van der Waals surface area contributed by atoms with Crippen molar-refractivity contribution in [3.05, 3.63) is 41.0 Å². The predicted molar refractivity (Wildman–Crippen MR) is 103 cm³/mol. The van der Waals surface area contributed by atoms with Crippen LogP contribution >= 0.6 is 0 Å². The van der Waals surface area contributed by atoms with E-state index in [4.69, 9.17) is 10.7 Å². The standard InChI is InChI=1S/C21H22N4O2/c22-19(27)18-11-4-3-5-12(11)21(24-8-13-14(9-24)15(13)10-26)25-17-7-2-1-6-16(17)23-20(18)25/h1-2,6-7,13-15,26H,3-5,8-10H2,(H2,22,27)/t13-,14+,15?. The highest BCUT2D eigenvalue weighted by atomic mass is 16.3. The zero-order valence-electron chi connectivity index (χ0n) is 15.1. The molecule has 1 aliphatic heterocycles. The fourth-order valence-electron chi connectivity index (χ4n) is 5.63. The number of rotatable bonds is 3. The molecule has 0 spiro atoms. The molecular weight excluding hydrogens is 340 g/mol. The summed E-state index contributed by atoms with van der Waals surface area (Å²) < 4.78 is 2.16. The SMILES string of the molecule is NC(=O)c1c2c(c(N3C[C@@H]4C(CO)[C@@H]4C3)n3c1nc1ccccc13)CCC2. The van der Waals surface area contributed by atoms with E-state index in [1.54, 1.807) is 0 Å². The summed E-state index contributed by atoms with van der Waals surface area (Å²) in [5, 5.41) is 9.52. The molecule has 1 saturated heterocycles. The summed E-state index contributed by atoms with van der Waals surface area (Å²) >= 11 is 0. The lowest BCUT2D eigenvalue weighted by atomic mass is 10.0. The number of aliphatic hydroxyl groups excluding tert-OH is 1. The van der Waals surface area contributed by atoms with Gasteiger partial charge in [-0.25, -0.2) is 4.98 Å². The van der Waals surface area contributed by atoms with Gasteiger partial charge in [-0.3, -0.25) is 9.20 Å². The molecule has 0 radical (unpaired) electrons. The molecule has 1 saturated carbocycles. The molecule has 3 N–H and O–H groups in total. The Balaban J connectivity index is 1.65. The van der Waals surface area contributed by atoms with Crippen molar-refractivity contribution >= 4 is 28.4 Å². The zero-order chi connectivity index (χ0) is 18.3. The van der Waals surface area contributed by atoms with Crippen LogP contribution in [-0.2, 0) is 12.8 Å². The molecule has 2 aromatic heterocycles. The van der Waals surface area contributed by atoms with Gasteiger partial charge in [0.25, 0.3) is 5.91 Å². The molecule has 6 rings (SSSR count). The molecule has 0 bridgehead atoms. The second-order valence-corrected chi connectivity index (χ2v) is 8.21. The van der Waals surface area contributed by atoms with Crippen molar-refractivity contribution in [1.29, 1.82) is 0 Å². The third-order valence-corrected chi connectivity index (χ3v) is 6.91. The molecule has 6 nitrogen and oxygen atoms in total. The number of benzene rings is 1. The Morgan fingerprint density at radius 3 is 2.67 bits per heavy atom. The Bertz CT molecular complexity index is 1110. The fourth-order valence-corrected chi connectivity index (χ4v) is 5.63. The summed E-state index contributed by atoms with van der Waals surface area (Å²) in [6.45, 7) is 2.24. The number of aromatic nitrogens is 2. The molecular formula is C21H22N4O2. The van der Waals surface area contributed by atoms with Crippen LogP contribution in [0.2, 0.25) is 0 Å². The summed E-state index contributed by atoms with van der Waals surface area (Å²) in [5.74, 6) is 2.46. The van der Waals surface area contributed by atoms with Crippen molar-refractivity contribution < 1.29 is 9.90 Å². The Labute approximate surface area is 156 Å². The first-order valence-corrected chi connectivity index (χ1v) is 9.79. The quantitative estimate of drug-likeness (QED) is 0.743. The topological polar surface area (TPSA) is 83.9 Å². The van der Waals surface area contributed by atoms with Gasteiger partial charge in [-0.15, -0.1) is 0 Å². The summed E-state index contributed by atoms with van der Waals surface area (Å²) in [6.07, 6.45) is 2.91. The molecule has 3 atom stereocenters. The van der Waals surface area contributed by atoms with Gasteiger partial charge in [-0.1, -0.05) is 12.1 Å². The number of carbonyl (C=O) groups excluding carboxylic acids is 1. The maximum Gasteiger partial charge on any atom is 0.252 e. The number of primary amides is 1. The highest BCUT2D eigenvalue weighted by molar-refractivity contribution is 6.03. The zero-order valence-corrected chi connectivity index (χ0v) is 15.1. The van der Waals surface area contributed by atoms with E-state index < -0.39 is 0 Å². The number of hydrogen-bond acceptors (Lipinski definition) is 4. The molecule has 2 aliphatic carbocycles. The van der Waals surface area contributed by atoms with Crippen molar-refractivity contribution in [2.24, 2.45) is 23.5 Å². The van der Waals surface area contributed by atoms with Gasteiger partial charge >= 0.3 is 0 Å². The Hall–Kier alpha value is -2.60. The van der Waals surface area contributed by atoms with Gasteiger partial charge < -0.3 is 15.7 Å². The third-order valence-electron chi connectivity index (χ3n) is 6.91. The van der Waals surface area contributed by atoms with Crippen LogP contribution in [0.25, 0.3) is 16.7 Å². The summed E-state index contributed by atoms with van der Waals surface area (Å²) in [6, 6.07) is 8.05. The lowest BCUT2D eigenvalue weighted by molar-refractivity contribution is 0.100. The second kappa shape index (κ2) is 5.23. The number of carbonyl (C=O) groups is 1. The van der Waals surface area contributed by atoms with Crippen molar-refractivity contribution in [1.82, 2.24) is 9.38 Å². The third kappa shape index (κ3) is 1.94. The van der Waals surface area contributed by atoms with Crippen LogP contribution in [0.5, 0.6) is 0 Å². The van der Waals surface area contributed by atoms with E-state index in [2.05, 4.69) is 15.4 Å². The summed E-state index contributed by atoms with van der Waals surface area (Å²) in [4.78, 5) is 19.6. The van der Waals surface area contributed by atoms with Gasteiger partial charge in [-0.2, -0.15) is 0 Å². The molecule has 138 valence electrons. The molecule has 6 heteroatoms. The number of fused-ring (bicyclic) bond motifs is 5. The minimum absolute atomic E-state index is 0.297. The van der Waals surface area contributed by atoms with Crippen LogP contribution in [0.3, 0.4) is 0 Å².